The van der Waals surface area contributed by atoms with Gasteiger partial charge in [0.1, 0.15) is 17.0 Å². The van der Waals surface area contributed by atoms with Gasteiger partial charge >= 0.3 is 0 Å². The molecule has 0 N–H and O–H groups in total. The molecule has 5 rings (SSSR count). The number of ether oxygens (including phenoxy) is 2. The Labute approximate surface area is 207 Å². The Morgan fingerprint density at radius 1 is 0.971 bits per heavy atom. The van der Waals surface area contributed by atoms with E-state index in [9.17, 15) is 4.79 Å². The average Bonchev–Trinajstić information content (AvgIpc) is 3.36. The maximum atomic E-state index is 13.2. The van der Waals surface area contributed by atoms with E-state index in [2.05, 4.69) is 26.9 Å². The molecule has 0 atom stereocenters. The molecule has 0 aliphatic carbocycles. The number of rotatable bonds is 7. The van der Waals surface area contributed by atoms with Gasteiger partial charge in [0.2, 0.25) is 5.91 Å². The van der Waals surface area contributed by atoms with E-state index >= 15 is 0 Å². The van der Waals surface area contributed by atoms with Crippen molar-refractivity contribution >= 4 is 23.0 Å². The number of benzene rings is 2. The van der Waals surface area contributed by atoms with Gasteiger partial charge in [0.15, 0.2) is 5.58 Å². The highest BCUT2D eigenvalue weighted by Gasteiger charge is 2.32. The molecule has 2 saturated heterocycles. The molecule has 1 amide bonds. The molecule has 0 bridgehead atoms. The Bertz CT molecular complexity index is 1090. The average molecular weight is 478 g/mol. The van der Waals surface area contributed by atoms with Crippen LogP contribution in [0.25, 0.3) is 11.1 Å². The quantitative estimate of drug-likeness (QED) is 0.481. The summed E-state index contributed by atoms with van der Waals surface area (Å²) >= 11 is 0. The van der Waals surface area contributed by atoms with Crippen molar-refractivity contribution in [2.45, 2.75) is 38.5 Å². The Morgan fingerprint density at radius 3 is 2.31 bits per heavy atom. The number of piperidine rings is 2. The molecule has 0 unspecified atom stereocenters. The molecule has 2 fully saturated rings. The number of para-hydroxylation sites is 2. The minimum Gasteiger partial charge on any atom is -0.497 e. The van der Waals surface area contributed by atoms with Gasteiger partial charge in [-0.2, -0.15) is 4.98 Å². The first kappa shape index (κ1) is 23.5. The van der Waals surface area contributed by atoms with E-state index in [1.54, 1.807) is 14.2 Å². The van der Waals surface area contributed by atoms with Gasteiger partial charge in [0.25, 0.3) is 6.01 Å². The molecule has 3 heterocycles. The van der Waals surface area contributed by atoms with Gasteiger partial charge in [-0.3, -0.25) is 4.79 Å². The molecule has 0 radical (unpaired) electrons. The van der Waals surface area contributed by atoms with E-state index in [1.807, 2.05) is 30.3 Å². The van der Waals surface area contributed by atoms with Crippen LogP contribution in [-0.4, -0.2) is 56.2 Å². The van der Waals surface area contributed by atoms with Gasteiger partial charge in [-0.15, -0.1) is 0 Å². The Morgan fingerprint density at radius 2 is 1.66 bits per heavy atom. The SMILES string of the molecule is COc1cc(CCC2CCN(C(=O)C3CCN(c4nc5ccccc5o4)CC3)CC2)cc(OC)c1. The van der Waals surface area contributed by atoms with Crippen LogP contribution in [0.1, 0.15) is 37.7 Å². The van der Waals surface area contributed by atoms with Gasteiger partial charge in [0, 0.05) is 38.2 Å². The zero-order valence-corrected chi connectivity index (χ0v) is 20.7. The number of hydrogen-bond donors (Lipinski definition) is 0. The van der Waals surface area contributed by atoms with Crippen molar-refractivity contribution in [3.63, 3.8) is 0 Å². The third-order valence-corrected chi connectivity index (χ3v) is 7.58. The number of oxazole rings is 1. The number of amides is 1. The predicted molar refractivity (Wildman–Crippen MR) is 136 cm³/mol. The maximum Gasteiger partial charge on any atom is 0.298 e. The fraction of sp³-hybridized carbons (Fsp3) is 0.500. The molecule has 7 heteroatoms. The summed E-state index contributed by atoms with van der Waals surface area (Å²) in [6, 6.07) is 14.6. The Balaban J connectivity index is 1.08. The molecule has 2 aromatic carbocycles. The lowest BCUT2D eigenvalue weighted by Crippen LogP contribution is -2.45. The summed E-state index contributed by atoms with van der Waals surface area (Å²) in [5.41, 5.74) is 2.94. The topological polar surface area (TPSA) is 68.0 Å². The van der Waals surface area contributed by atoms with Crippen LogP contribution < -0.4 is 14.4 Å². The predicted octanol–water partition coefficient (Wildman–Crippen LogP) is 4.93. The first-order valence-electron chi connectivity index (χ1n) is 12.7. The number of hydrogen-bond acceptors (Lipinski definition) is 6. The molecule has 2 aliphatic rings. The number of aryl methyl sites for hydroxylation is 1. The van der Waals surface area contributed by atoms with Crippen LogP contribution in [0.2, 0.25) is 0 Å². The van der Waals surface area contributed by atoms with E-state index in [4.69, 9.17) is 13.9 Å². The lowest BCUT2D eigenvalue weighted by atomic mass is 9.89. The molecular formula is C28H35N3O4. The van der Waals surface area contributed by atoms with Crippen LogP contribution in [0.5, 0.6) is 11.5 Å². The van der Waals surface area contributed by atoms with Gasteiger partial charge in [-0.25, -0.2) is 0 Å². The third-order valence-electron chi connectivity index (χ3n) is 7.58. The standard InChI is InChI=1S/C28H35N3O4/c1-33-23-17-21(18-24(19-23)34-2)8-7-20-9-13-30(14-10-20)27(32)22-11-15-31(16-12-22)28-29-25-5-3-4-6-26(25)35-28/h3-6,17-20,22H,7-16H2,1-2H3. The van der Waals surface area contributed by atoms with Crippen LogP contribution in [0.15, 0.2) is 46.9 Å². The fourth-order valence-electron chi connectivity index (χ4n) is 5.39. The second kappa shape index (κ2) is 10.6. The second-order valence-electron chi connectivity index (χ2n) is 9.75. The van der Waals surface area contributed by atoms with E-state index in [-0.39, 0.29) is 5.92 Å². The monoisotopic (exact) mass is 477 g/mol. The summed E-state index contributed by atoms with van der Waals surface area (Å²) in [5.74, 6) is 2.76. The van der Waals surface area contributed by atoms with Crippen LogP contribution in [-0.2, 0) is 11.2 Å². The van der Waals surface area contributed by atoms with Crippen molar-refractivity contribution in [3.05, 3.63) is 48.0 Å². The number of carbonyl (C=O) groups excluding carboxylic acids is 1. The summed E-state index contributed by atoms with van der Waals surface area (Å²) in [4.78, 5) is 22.1. The van der Waals surface area contributed by atoms with Crippen molar-refractivity contribution in [1.82, 2.24) is 9.88 Å². The zero-order valence-electron chi connectivity index (χ0n) is 20.7. The molecule has 186 valence electrons. The first-order valence-corrected chi connectivity index (χ1v) is 12.7. The molecule has 3 aromatic rings. The minimum absolute atomic E-state index is 0.108. The van der Waals surface area contributed by atoms with Crippen LogP contribution in [0, 0.1) is 11.8 Å². The lowest BCUT2D eigenvalue weighted by molar-refractivity contribution is -0.137. The summed E-state index contributed by atoms with van der Waals surface area (Å²) < 4.78 is 16.7. The molecule has 0 spiro atoms. The number of methoxy groups -OCH3 is 2. The zero-order chi connectivity index (χ0) is 24.2. The normalized spacial score (nSPS) is 17.7. The number of carbonyl (C=O) groups is 1. The summed E-state index contributed by atoms with van der Waals surface area (Å²) in [6.07, 6.45) is 6.00. The number of nitrogens with zero attached hydrogens (tertiary/aromatic N) is 3. The summed E-state index contributed by atoms with van der Waals surface area (Å²) in [5, 5.41) is 0. The van der Waals surface area contributed by atoms with Crippen molar-refractivity contribution < 1.29 is 18.7 Å². The van der Waals surface area contributed by atoms with Gasteiger partial charge in [0.05, 0.1) is 14.2 Å². The number of fused-ring (bicyclic) bond motifs is 1. The van der Waals surface area contributed by atoms with Crippen molar-refractivity contribution in [1.29, 1.82) is 0 Å². The fourth-order valence-corrected chi connectivity index (χ4v) is 5.39. The summed E-state index contributed by atoms with van der Waals surface area (Å²) in [6.45, 7) is 3.36. The minimum atomic E-state index is 0.108. The van der Waals surface area contributed by atoms with Gasteiger partial charge in [-0.05, 0) is 74.3 Å². The molecule has 0 saturated carbocycles. The maximum absolute atomic E-state index is 13.2. The first-order chi connectivity index (χ1) is 17.1. The van der Waals surface area contributed by atoms with E-state index in [0.29, 0.717) is 17.8 Å². The highest BCUT2D eigenvalue weighted by molar-refractivity contribution is 5.79. The van der Waals surface area contributed by atoms with E-state index in [0.717, 1.165) is 87.3 Å². The highest BCUT2D eigenvalue weighted by atomic mass is 16.5. The second-order valence-corrected chi connectivity index (χ2v) is 9.75. The molecular weight excluding hydrogens is 442 g/mol. The van der Waals surface area contributed by atoms with Crippen molar-refractivity contribution in [3.8, 4) is 11.5 Å². The van der Waals surface area contributed by atoms with Crippen LogP contribution in [0.3, 0.4) is 0 Å². The molecule has 35 heavy (non-hydrogen) atoms. The number of likely N-dealkylation sites (tertiary alicyclic amines) is 1. The third kappa shape index (κ3) is 5.39. The summed E-state index contributed by atoms with van der Waals surface area (Å²) in [7, 11) is 3.37. The molecule has 7 nitrogen and oxygen atoms in total. The molecule has 1 aromatic heterocycles. The van der Waals surface area contributed by atoms with Crippen molar-refractivity contribution in [2.75, 3.05) is 45.3 Å². The Hall–Kier alpha value is -3.22. The van der Waals surface area contributed by atoms with Crippen LogP contribution in [0.4, 0.5) is 6.01 Å². The largest absolute Gasteiger partial charge is 0.497 e. The Kier molecular flexibility index (Phi) is 7.11. The van der Waals surface area contributed by atoms with Crippen LogP contribution >= 0.6 is 0 Å². The number of aromatic nitrogens is 1. The van der Waals surface area contributed by atoms with Gasteiger partial charge in [-0.1, -0.05) is 12.1 Å². The number of anilines is 1. The van der Waals surface area contributed by atoms with Crippen molar-refractivity contribution in [2.24, 2.45) is 11.8 Å². The van der Waals surface area contributed by atoms with Gasteiger partial charge < -0.3 is 23.7 Å². The smallest absolute Gasteiger partial charge is 0.298 e. The van der Waals surface area contributed by atoms with E-state index < -0.39 is 0 Å². The lowest BCUT2D eigenvalue weighted by Gasteiger charge is -2.37. The highest BCUT2D eigenvalue weighted by Crippen LogP contribution is 2.30. The van der Waals surface area contributed by atoms with E-state index in [1.165, 1.54) is 5.56 Å². The molecule has 2 aliphatic heterocycles.